The Bertz CT molecular complexity index is 1420. The van der Waals surface area contributed by atoms with Crippen LogP contribution in [0.15, 0.2) is 81.8 Å². The Labute approximate surface area is 206 Å². The van der Waals surface area contributed by atoms with Gasteiger partial charge < -0.3 is 4.42 Å². The van der Waals surface area contributed by atoms with Crippen molar-refractivity contribution < 1.29 is 4.42 Å². The molecule has 1 unspecified atom stereocenters. The van der Waals surface area contributed by atoms with Gasteiger partial charge in [-0.2, -0.15) is 0 Å². The first kappa shape index (κ1) is 22.3. The number of nitrogens with zero attached hydrogens (tertiary/aromatic N) is 1. The van der Waals surface area contributed by atoms with E-state index in [1.165, 1.54) is 5.57 Å². The molecule has 2 aliphatic carbocycles. The molecule has 2 aliphatic rings. The number of rotatable bonds is 6. The first-order valence-electron chi connectivity index (χ1n) is 11.7. The van der Waals surface area contributed by atoms with Crippen LogP contribution in [0, 0.1) is 12.3 Å². The van der Waals surface area contributed by atoms with Crippen molar-refractivity contribution in [3.05, 3.63) is 105 Å². The van der Waals surface area contributed by atoms with E-state index in [9.17, 15) is 0 Å². The number of aliphatic imine (C=N–C) groups is 1. The second-order valence-corrected chi connectivity index (χ2v) is 9.06. The average Bonchev–Trinajstić information content (AvgIpc) is 3.26. The second kappa shape index (κ2) is 9.75. The molecular formula is C31H26ClNO. The van der Waals surface area contributed by atoms with E-state index in [2.05, 4.69) is 72.3 Å². The summed E-state index contributed by atoms with van der Waals surface area (Å²) in [7, 11) is 0. The summed E-state index contributed by atoms with van der Waals surface area (Å²) in [5, 5.41) is 1.65. The fraction of sp³-hybridized carbons (Fsp3) is 0.194. The lowest BCUT2D eigenvalue weighted by Crippen LogP contribution is -2.05. The topological polar surface area (TPSA) is 25.5 Å². The quantitative estimate of drug-likeness (QED) is 0.265. The summed E-state index contributed by atoms with van der Waals surface area (Å²) in [5.74, 6) is 3.78. The van der Waals surface area contributed by atoms with Crippen LogP contribution in [0.1, 0.15) is 59.7 Å². The fourth-order valence-electron chi connectivity index (χ4n) is 4.88. The number of benzene rings is 2. The molecule has 0 amide bonds. The highest BCUT2D eigenvalue weighted by atomic mass is 35.5. The van der Waals surface area contributed by atoms with Crippen molar-refractivity contribution in [2.24, 2.45) is 4.99 Å². The average molecular weight is 464 g/mol. The van der Waals surface area contributed by atoms with Crippen LogP contribution in [0.3, 0.4) is 0 Å². The lowest BCUT2D eigenvalue weighted by Gasteiger charge is -2.21. The minimum atomic E-state index is -0.221. The Kier molecular flexibility index (Phi) is 6.39. The summed E-state index contributed by atoms with van der Waals surface area (Å²) in [5.41, 5.74) is 7.23. The van der Waals surface area contributed by atoms with Gasteiger partial charge in [0.1, 0.15) is 5.76 Å². The van der Waals surface area contributed by atoms with Gasteiger partial charge in [0.25, 0.3) is 0 Å². The van der Waals surface area contributed by atoms with Crippen LogP contribution < -0.4 is 0 Å². The van der Waals surface area contributed by atoms with Gasteiger partial charge in [-0.15, -0.1) is 6.42 Å². The summed E-state index contributed by atoms with van der Waals surface area (Å²) in [6, 6.07) is 11.9. The highest BCUT2D eigenvalue weighted by molar-refractivity contribution is 6.35. The lowest BCUT2D eigenvalue weighted by atomic mass is 9.86. The van der Waals surface area contributed by atoms with Crippen molar-refractivity contribution in [3.63, 3.8) is 0 Å². The van der Waals surface area contributed by atoms with Crippen LogP contribution in [0.5, 0.6) is 0 Å². The van der Waals surface area contributed by atoms with Crippen LogP contribution in [-0.4, -0.2) is 6.72 Å². The number of allylic oxidation sites excluding steroid dienone is 6. The number of aryl methyl sites for hydroxylation is 1. The molecule has 2 aromatic carbocycles. The predicted molar refractivity (Wildman–Crippen MR) is 144 cm³/mol. The molecular weight excluding hydrogens is 438 g/mol. The molecule has 0 radical (unpaired) electrons. The van der Waals surface area contributed by atoms with Gasteiger partial charge >= 0.3 is 0 Å². The second-order valence-electron chi connectivity index (χ2n) is 8.66. The number of fused-ring (bicyclic) bond motifs is 3. The van der Waals surface area contributed by atoms with Crippen LogP contribution in [0.4, 0.5) is 0 Å². The van der Waals surface area contributed by atoms with Crippen molar-refractivity contribution in [2.45, 2.75) is 38.1 Å². The smallest absolute Gasteiger partial charge is 0.153 e. The minimum absolute atomic E-state index is 0.221. The monoisotopic (exact) mass is 463 g/mol. The third-order valence-corrected chi connectivity index (χ3v) is 6.81. The van der Waals surface area contributed by atoms with Gasteiger partial charge in [-0.1, -0.05) is 72.2 Å². The van der Waals surface area contributed by atoms with E-state index in [1.807, 2.05) is 18.2 Å². The Morgan fingerprint density at radius 2 is 2.09 bits per heavy atom. The van der Waals surface area contributed by atoms with Crippen LogP contribution in [-0.2, 0) is 6.42 Å². The molecule has 1 atom stereocenters. The van der Waals surface area contributed by atoms with E-state index in [4.69, 9.17) is 22.4 Å². The van der Waals surface area contributed by atoms with Crippen LogP contribution >= 0.6 is 11.6 Å². The molecule has 0 bridgehead atoms. The van der Waals surface area contributed by atoms with E-state index >= 15 is 0 Å². The molecule has 3 heteroatoms. The third-order valence-electron chi connectivity index (χ3n) is 6.51. The normalized spacial score (nSPS) is 16.1. The molecule has 0 saturated heterocycles. The summed E-state index contributed by atoms with van der Waals surface area (Å²) in [6.07, 6.45) is 24.0. The molecule has 1 aromatic heterocycles. The van der Waals surface area contributed by atoms with Gasteiger partial charge in [-0.25, -0.2) is 0 Å². The molecule has 0 spiro atoms. The standard InChI is InChI=1S/C31H26ClNO/c1-3-22-18-19-24(20-23(22)13-7-12-21-10-5-4-6-11-21)30(33-2)25-14-9-17-28-29(25)26-15-8-16-27(32)31(26)34-28/h1,5,7-8,10-11,13-16,18-20,30H,2,4,6,9,12,17H2/b13-7-. The molecule has 2 nitrogen and oxygen atoms in total. The first-order chi connectivity index (χ1) is 16.7. The molecule has 0 aliphatic heterocycles. The van der Waals surface area contributed by atoms with E-state index in [0.29, 0.717) is 5.02 Å². The molecule has 34 heavy (non-hydrogen) atoms. The number of hydrogen-bond donors (Lipinski definition) is 0. The van der Waals surface area contributed by atoms with Gasteiger partial charge in [0.2, 0.25) is 0 Å². The van der Waals surface area contributed by atoms with Crippen molar-refractivity contribution in [3.8, 4) is 12.3 Å². The number of halogens is 1. The van der Waals surface area contributed by atoms with Crippen LogP contribution in [0.2, 0.25) is 5.02 Å². The zero-order valence-electron chi connectivity index (χ0n) is 19.1. The van der Waals surface area contributed by atoms with Crippen molar-refractivity contribution in [2.75, 3.05) is 0 Å². The molecule has 0 N–H and O–H groups in total. The minimum Gasteiger partial charge on any atom is -0.459 e. The maximum Gasteiger partial charge on any atom is 0.153 e. The zero-order chi connectivity index (χ0) is 23.5. The van der Waals surface area contributed by atoms with E-state index in [1.54, 1.807) is 0 Å². The molecule has 5 rings (SSSR count). The Morgan fingerprint density at radius 1 is 1.18 bits per heavy atom. The number of furan rings is 1. The Hall–Kier alpha value is -3.54. The fourth-order valence-corrected chi connectivity index (χ4v) is 5.09. The zero-order valence-corrected chi connectivity index (χ0v) is 19.8. The summed E-state index contributed by atoms with van der Waals surface area (Å²) in [6.45, 7) is 3.94. The van der Waals surface area contributed by atoms with E-state index in [0.717, 1.165) is 76.7 Å². The molecule has 1 heterocycles. The van der Waals surface area contributed by atoms with Crippen molar-refractivity contribution >= 4 is 40.9 Å². The largest absolute Gasteiger partial charge is 0.459 e. The molecule has 0 saturated carbocycles. The van der Waals surface area contributed by atoms with Gasteiger partial charge in [-0.3, -0.25) is 4.99 Å². The molecule has 0 fully saturated rings. The van der Waals surface area contributed by atoms with Gasteiger partial charge in [-0.05, 0) is 72.9 Å². The Morgan fingerprint density at radius 3 is 2.88 bits per heavy atom. The van der Waals surface area contributed by atoms with E-state index < -0.39 is 0 Å². The van der Waals surface area contributed by atoms with Gasteiger partial charge in [0, 0.05) is 22.9 Å². The van der Waals surface area contributed by atoms with Crippen molar-refractivity contribution in [1.29, 1.82) is 0 Å². The molecule has 168 valence electrons. The first-order valence-corrected chi connectivity index (χ1v) is 12.1. The maximum atomic E-state index is 6.43. The summed E-state index contributed by atoms with van der Waals surface area (Å²) < 4.78 is 6.17. The highest BCUT2D eigenvalue weighted by Crippen LogP contribution is 2.44. The maximum absolute atomic E-state index is 6.43. The summed E-state index contributed by atoms with van der Waals surface area (Å²) >= 11 is 6.43. The Balaban J connectivity index is 1.51. The number of para-hydroxylation sites is 1. The number of hydrogen-bond acceptors (Lipinski definition) is 2. The van der Waals surface area contributed by atoms with Gasteiger partial charge in [0.05, 0.1) is 11.1 Å². The lowest BCUT2D eigenvalue weighted by molar-refractivity contribution is 0.544. The van der Waals surface area contributed by atoms with E-state index in [-0.39, 0.29) is 6.04 Å². The predicted octanol–water partition coefficient (Wildman–Crippen LogP) is 8.52. The summed E-state index contributed by atoms with van der Waals surface area (Å²) in [4.78, 5) is 4.55. The third kappa shape index (κ3) is 4.20. The van der Waals surface area contributed by atoms with Crippen LogP contribution in [0.25, 0.3) is 22.6 Å². The number of terminal acetylenes is 1. The SMILES string of the molecule is C#Cc1ccc(C(N=C)C2=CCCc3oc4c(Cl)cccc4c32)cc1/C=C\CC1=CCCC=C1. The van der Waals surface area contributed by atoms with Gasteiger partial charge in [0.15, 0.2) is 5.58 Å². The van der Waals surface area contributed by atoms with Crippen molar-refractivity contribution in [1.82, 2.24) is 0 Å². The molecule has 3 aromatic rings. The highest BCUT2D eigenvalue weighted by Gasteiger charge is 2.27.